The number of aromatic hydroxyl groups is 1. The second-order valence-corrected chi connectivity index (χ2v) is 5.79. The fraction of sp³-hybridized carbons (Fsp3) is 0.417. The number of amides is 1. The Bertz CT molecular complexity index is 436. The van der Waals surface area contributed by atoms with Crippen LogP contribution < -0.4 is 0 Å². The van der Waals surface area contributed by atoms with E-state index in [2.05, 4.69) is 31.9 Å². The van der Waals surface area contributed by atoms with Crippen molar-refractivity contribution >= 4 is 37.8 Å². The number of hydrogen-bond acceptors (Lipinski definition) is 3. The van der Waals surface area contributed by atoms with E-state index in [0.29, 0.717) is 41.7 Å². The fourth-order valence-electron chi connectivity index (χ4n) is 1.82. The number of halogens is 2. The average Bonchev–Trinajstić information content (AvgIpc) is 2.37. The van der Waals surface area contributed by atoms with Crippen LogP contribution in [-0.2, 0) is 16.0 Å². The van der Waals surface area contributed by atoms with E-state index >= 15 is 0 Å². The molecule has 0 aliphatic carbocycles. The van der Waals surface area contributed by atoms with Crippen molar-refractivity contribution in [2.45, 2.75) is 6.42 Å². The van der Waals surface area contributed by atoms with Gasteiger partial charge in [-0.2, -0.15) is 0 Å². The van der Waals surface area contributed by atoms with Crippen molar-refractivity contribution in [1.82, 2.24) is 4.90 Å². The zero-order valence-corrected chi connectivity index (χ0v) is 12.8. The molecule has 0 radical (unpaired) electrons. The number of phenolic OH excluding ortho intramolecular Hbond substituents is 1. The fourth-order valence-corrected chi connectivity index (χ4v) is 3.10. The van der Waals surface area contributed by atoms with Gasteiger partial charge in [-0.25, -0.2) is 0 Å². The van der Waals surface area contributed by atoms with Crippen LogP contribution in [0.5, 0.6) is 5.75 Å². The molecule has 4 nitrogen and oxygen atoms in total. The minimum Gasteiger partial charge on any atom is -0.506 e. The van der Waals surface area contributed by atoms with Gasteiger partial charge in [0.15, 0.2) is 0 Å². The first kappa shape index (κ1) is 13.8. The number of carbonyl (C=O) groups excluding carboxylic acids is 1. The van der Waals surface area contributed by atoms with Crippen molar-refractivity contribution < 1.29 is 14.6 Å². The van der Waals surface area contributed by atoms with E-state index in [1.807, 2.05) is 0 Å². The summed E-state index contributed by atoms with van der Waals surface area (Å²) in [5.41, 5.74) is 0.864. The number of phenols is 1. The third kappa shape index (κ3) is 3.24. The molecule has 0 atom stereocenters. The number of benzene rings is 1. The topological polar surface area (TPSA) is 49.8 Å². The van der Waals surface area contributed by atoms with Crippen molar-refractivity contribution in [3.05, 3.63) is 26.6 Å². The summed E-state index contributed by atoms with van der Waals surface area (Å²) in [7, 11) is 0. The Morgan fingerprint density at radius 2 is 1.83 bits per heavy atom. The second-order valence-electron chi connectivity index (χ2n) is 4.08. The van der Waals surface area contributed by atoms with Crippen LogP contribution in [0.3, 0.4) is 0 Å². The van der Waals surface area contributed by atoms with Crippen molar-refractivity contribution in [1.29, 1.82) is 0 Å². The molecule has 1 amide bonds. The Morgan fingerprint density at radius 1 is 1.28 bits per heavy atom. The second kappa shape index (κ2) is 6.04. The summed E-state index contributed by atoms with van der Waals surface area (Å²) in [6.07, 6.45) is 0.331. The lowest BCUT2D eigenvalue weighted by Crippen LogP contribution is -2.41. The highest BCUT2D eigenvalue weighted by Gasteiger charge is 2.17. The molecule has 1 N–H and O–H groups in total. The molecule has 98 valence electrons. The number of rotatable bonds is 2. The van der Waals surface area contributed by atoms with Gasteiger partial charge in [0.2, 0.25) is 5.91 Å². The number of nitrogens with zero attached hydrogens (tertiary/aromatic N) is 1. The van der Waals surface area contributed by atoms with E-state index in [1.165, 1.54) is 0 Å². The summed E-state index contributed by atoms with van der Waals surface area (Å²) in [5, 5.41) is 9.61. The molecule has 1 aromatic rings. The van der Waals surface area contributed by atoms with Gasteiger partial charge in [0.25, 0.3) is 0 Å². The molecule has 0 unspecified atom stereocenters. The van der Waals surface area contributed by atoms with Crippen molar-refractivity contribution in [2.75, 3.05) is 26.3 Å². The van der Waals surface area contributed by atoms with Gasteiger partial charge in [0.05, 0.1) is 28.6 Å². The van der Waals surface area contributed by atoms with E-state index < -0.39 is 0 Å². The molecule has 2 rings (SSSR count). The molecule has 1 saturated heterocycles. The highest BCUT2D eigenvalue weighted by Crippen LogP contribution is 2.33. The number of carbonyl (C=O) groups is 1. The van der Waals surface area contributed by atoms with Crippen LogP contribution in [0, 0.1) is 0 Å². The van der Waals surface area contributed by atoms with Crippen LogP contribution in [0.25, 0.3) is 0 Å². The molecule has 0 aromatic heterocycles. The number of hydrogen-bond donors (Lipinski definition) is 1. The monoisotopic (exact) mass is 377 g/mol. The summed E-state index contributed by atoms with van der Waals surface area (Å²) in [6, 6.07) is 3.52. The highest BCUT2D eigenvalue weighted by atomic mass is 79.9. The molecule has 1 aliphatic rings. The maximum Gasteiger partial charge on any atom is 0.227 e. The zero-order valence-electron chi connectivity index (χ0n) is 9.66. The largest absolute Gasteiger partial charge is 0.506 e. The molecular weight excluding hydrogens is 366 g/mol. The van der Waals surface area contributed by atoms with Crippen molar-refractivity contribution in [2.24, 2.45) is 0 Å². The molecule has 0 bridgehead atoms. The minimum absolute atomic E-state index is 0.0859. The molecule has 0 saturated carbocycles. The van der Waals surface area contributed by atoms with E-state index in [1.54, 1.807) is 17.0 Å². The van der Waals surface area contributed by atoms with E-state index in [-0.39, 0.29) is 11.7 Å². The molecule has 1 aromatic carbocycles. The average molecular weight is 379 g/mol. The summed E-state index contributed by atoms with van der Waals surface area (Å²) in [6.45, 7) is 2.52. The summed E-state index contributed by atoms with van der Waals surface area (Å²) in [4.78, 5) is 13.9. The molecule has 1 heterocycles. The third-order valence-corrected chi connectivity index (χ3v) is 4.00. The van der Waals surface area contributed by atoms with Gasteiger partial charge in [-0.05, 0) is 49.6 Å². The Hall–Kier alpha value is -0.590. The van der Waals surface area contributed by atoms with Crippen LogP contribution in [0.1, 0.15) is 5.56 Å². The smallest absolute Gasteiger partial charge is 0.227 e. The minimum atomic E-state index is 0.0859. The van der Waals surface area contributed by atoms with Gasteiger partial charge in [-0.1, -0.05) is 0 Å². The lowest BCUT2D eigenvalue weighted by molar-refractivity contribution is -0.134. The van der Waals surface area contributed by atoms with E-state index in [4.69, 9.17) is 4.74 Å². The van der Waals surface area contributed by atoms with Crippen molar-refractivity contribution in [3.8, 4) is 5.75 Å². The highest BCUT2D eigenvalue weighted by molar-refractivity contribution is 9.11. The first-order valence-electron chi connectivity index (χ1n) is 5.60. The Kier molecular flexibility index (Phi) is 4.64. The quantitative estimate of drug-likeness (QED) is 0.859. The normalized spacial score (nSPS) is 15.8. The molecule has 1 fully saturated rings. The van der Waals surface area contributed by atoms with Gasteiger partial charge in [0.1, 0.15) is 5.75 Å². The SMILES string of the molecule is O=C(Cc1cc(Br)c(O)c(Br)c1)N1CCOCC1. The predicted octanol–water partition coefficient (Wildman–Crippen LogP) is 2.32. The number of ether oxygens (including phenoxy) is 1. The standard InChI is InChI=1S/C12H13Br2NO3/c13-9-5-8(6-10(14)12(9)17)7-11(16)15-1-3-18-4-2-15/h5-6,17H,1-4,7H2. The lowest BCUT2D eigenvalue weighted by atomic mass is 10.1. The Morgan fingerprint density at radius 3 is 2.39 bits per heavy atom. The Labute approximate surface area is 122 Å². The first-order valence-corrected chi connectivity index (χ1v) is 7.19. The molecule has 1 aliphatic heterocycles. The lowest BCUT2D eigenvalue weighted by Gasteiger charge is -2.27. The van der Waals surface area contributed by atoms with Crippen LogP contribution in [0.15, 0.2) is 21.1 Å². The van der Waals surface area contributed by atoms with Crippen LogP contribution in [0.4, 0.5) is 0 Å². The van der Waals surface area contributed by atoms with Crippen LogP contribution >= 0.6 is 31.9 Å². The van der Waals surface area contributed by atoms with Gasteiger partial charge in [0, 0.05) is 13.1 Å². The summed E-state index contributed by atoms with van der Waals surface area (Å²) < 4.78 is 6.38. The Balaban J connectivity index is 2.06. The van der Waals surface area contributed by atoms with Gasteiger partial charge >= 0.3 is 0 Å². The zero-order chi connectivity index (χ0) is 13.1. The molecular formula is C12H13Br2NO3. The van der Waals surface area contributed by atoms with Gasteiger partial charge in [-0.15, -0.1) is 0 Å². The maximum absolute atomic E-state index is 12.1. The maximum atomic E-state index is 12.1. The summed E-state index contributed by atoms with van der Waals surface area (Å²) >= 11 is 6.52. The third-order valence-electron chi connectivity index (χ3n) is 2.80. The van der Waals surface area contributed by atoms with Gasteiger partial charge in [-0.3, -0.25) is 4.79 Å². The van der Waals surface area contributed by atoms with E-state index in [9.17, 15) is 9.90 Å². The first-order chi connectivity index (χ1) is 8.58. The van der Waals surface area contributed by atoms with Crippen LogP contribution in [0.2, 0.25) is 0 Å². The van der Waals surface area contributed by atoms with Crippen molar-refractivity contribution in [3.63, 3.8) is 0 Å². The predicted molar refractivity (Wildman–Crippen MR) is 74.6 cm³/mol. The van der Waals surface area contributed by atoms with Crippen LogP contribution in [-0.4, -0.2) is 42.2 Å². The molecule has 0 spiro atoms. The molecule has 6 heteroatoms. The molecule has 18 heavy (non-hydrogen) atoms. The van der Waals surface area contributed by atoms with Gasteiger partial charge < -0.3 is 14.7 Å². The summed E-state index contributed by atoms with van der Waals surface area (Å²) in [5.74, 6) is 0.236. The number of morpholine rings is 1. The van der Waals surface area contributed by atoms with E-state index in [0.717, 1.165) is 5.56 Å².